The minimum absolute atomic E-state index is 0.00581. The molecule has 0 saturated heterocycles. The van der Waals surface area contributed by atoms with Crippen molar-refractivity contribution >= 4 is 23.3 Å². The number of ether oxygens (including phenoxy) is 1. The van der Waals surface area contributed by atoms with E-state index in [1.54, 1.807) is 20.8 Å². The van der Waals surface area contributed by atoms with E-state index in [2.05, 4.69) is 15.5 Å². The Morgan fingerprint density at radius 3 is 2.48 bits per heavy atom. The molecule has 0 aromatic carbocycles. The molecule has 11 heteroatoms. The highest BCUT2D eigenvalue weighted by molar-refractivity contribution is 6.00. The lowest BCUT2D eigenvalue weighted by atomic mass is 10.3. The van der Waals surface area contributed by atoms with E-state index in [0.717, 1.165) is 0 Å². The molecule has 0 fully saturated rings. The maximum Gasteiger partial charge on any atom is 0.361 e. The Labute approximate surface area is 155 Å². The summed E-state index contributed by atoms with van der Waals surface area (Å²) < 4.78 is 7.86. The third kappa shape index (κ3) is 4.49. The van der Waals surface area contributed by atoms with Gasteiger partial charge in [0.25, 0.3) is 0 Å². The summed E-state index contributed by atoms with van der Waals surface area (Å²) in [5, 5.41) is 21.7. The monoisotopic (exact) mass is 378 g/mol. The number of nitro groups is 1. The van der Waals surface area contributed by atoms with Crippen molar-refractivity contribution in [2.45, 2.75) is 53.3 Å². The molecule has 2 aromatic rings. The van der Waals surface area contributed by atoms with Crippen LogP contribution in [0.2, 0.25) is 0 Å². The third-order valence-electron chi connectivity index (χ3n) is 3.74. The predicted molar refractivity (Wildman–Crippen MR) is 95.4 cm³/mol. The number of hydrogen-bond acceptors (Lipinski definition) is 7. The van der Waals surface area contributed by atoms with Gasteiger partial charge >= 0.3 is 11.7 Å². The number of aromatic nitrogens is 4. The Morgan fingerprint density at radius 2 is 1.96 bits per heavy atom. The zero-order valence-electron chi connectivity index (χ0n) is 15.8. The molecule has 0 bridgehead atoms. The minimum Gasteiger partial charge on any atom is -0.458 e. The van der Waals surface area contributed by atoms with Crippen LogP contribution in [-0.4, -0.2) is 42.5 Å². The van der Waals surface area contributed by atoms with E-state index in [1.807, 2.05) is 6.92 Å². The SMILES string of the molecule is CCn1cc(NC(=O)C(C)n2cc([N+](=O)[O-])c(C)n2)c(C(=O)OC(C)C)n1. The molecule has 0 spiro atoms. The smallest absolute Gasteiger partial charge is 0.361 e. The van der Waals surface area contributed by atoms with Gasteiger partial charge in [-0.15, -0.1) is 0 Å². The summed E-state index contributed by atoms with van der Waals surface area (Å²) in [6, 6.07) is -0.837. The number of amides is 1. The number of hydrogen-bond donors (Lipinski definition) is 1. The molecule has 2 heterocycles. The van der Waals surface area contributed by atoms with Crippen LogP contribution in [0.3, 0.4) is 0 Å². The molecule has 1 atom stereocenters. The van der Waals surface area contributed by atoms with Gasteiger partial charge < -0.3 is 10.1 Å². The number of carbonyl (C=O) groups excluding carboxylic acids is 2. The summed E-state index contributed by atoms with van der Waals surface area (Å²) >= 11 is 0. The fraction of sp³-hybridized carbons (Fsp3) is 0.500. The number of nitrogens with one attached hydrogen (secondary N) is 1. The standard InChI is InChI=1S/C16H22N6O5/c1-6-20-7-12(14(19-20)16(24)27-9(2)3)17-15(23)11(5)21-8-13(22(25)26)10(4)18-21/h7-9,11H,6H2,1-5H3,(H,17,23). The van der Waals surface area contributed by atoms with Gasteiger partial charge in [-0.05, 0) is 34.6 Å². The fourth-order valence-corrected chi connectivity index (χ4v) is 2.30. The number of anilines is 1. The van der Waals surface area contributed by atoms with Crippen LogP contribution in [0.1, 0.15) is 49.9 Å². The number of esters is 1. The molecule has 2 aromatic heterocycles. The molecule has 0 aliphatic carbocycles. The molecule has 1 unspecified atom stereocenters. The Bertz CT molecular complexity index is 869. The number of rotatable bonds is 7. The molecule has 1 amide bonds. The van der Waals surface area contributed by atoms with E-state index >= 15 is 0 Å². The van der Waals surface area contributed by atoms with Crippen molar-refractivity contribution < 1.29 is 19.2 Å². The molecule has 0 saturated carbocycles. The fourth-order valence-electron chi connectivity index (χ4n) is 2.30. The largest absolute Gasteiger partial charge is 0.458 e. The van der Waals surface area contributed by atoms with Crippen molar-refractivity contribution in [1.29, 1.82) is 0 Å². The summed E-state index contributed by atoms with van der Waals surface area (Å²) in [6.07, 6.45) is 2.39. The second-order valence-electron chi connectivity index (χ2n) is 6.20. The summed E-state index contributed by atoms with van der Waals surface area (Å²) in [6.45, 7) is 8.79. The van der Waals surface area contributed by atoms with Gasteiger partial charge in [0.15, 0.2) is 5.69 Å². The van der Waals surface area contributed by atoms with E-state index in [0.29, 0.717) is 6.54 Å². The first kappa shape index (κ1) is 20.1. The second kappa shape index (κ2) is 7.98. The summed E-state index contributed by atoms with van der Waals surface area (Å²) in [4.78, 5) is 35.2. The zero-order chi connectivity index (χ0) is 20.3. The first-order valence-corrected chi connectivity index (χ1v) is 8.43. The van der Waals surface area contributed by atoms with Crippen molar-refractivity contribution in [1.82, 2.24) is 19.6 Å². The van der Waals surface area contributed by atoms with Crippen LogP contribution >= 0.6 is 0 Å². The lowest BCUT2D eigenvalue weighted by Crippen LogP contribution is -2.25. The van der Waals surface area contributed by atoms with E-state index in [4.69, 9.17) is 4.74 Å². The Morgan fingerprint density at radius 1 is 1.30 bits per heavy atom. The van der Waals surface area contributed by atoms with Crippen molar-refractivity contribution in [3.8, 4) is 0 Å². The average Bonchev–Trinajstić information content (AvgIpc) is 3.17. The van der Waals surface area contributed by atoms with Crippen LogP contribution in [0.15, 0.2) is 12.4 Å². The van der Waals surface area contributed by atoms with E-state index in [1.165, 1.54) is 28.7 Å². The molecule has 146 valence electrons. The number of aryl methyl sites for hydroxylation is 2. The Balaban J connectivity index is 2.24. The van der Waals surface area contributed by atoms with Gasteiger partial charge in [-0.2, -0.15) is 10.2 Å². The molecule has 0 radical (unpaired) electrons. The Hall–Kier alpha value is -3.24. The van der Waals surface area contributed by atoms with Crippen LogP contribution < -0.4 is 5.32 Å². The lowest BCUT2D eigenvalue weighted by molar-refractivity contribution is -0.385. The Kier molecular flexibility index (Phi) is 5.93. The van der Waals surface area contributed by atoms with Crippen molar-refractivity contribution in [3.63, 3.8) is 0 Å². The highest BCUT2D eigenvalue weighted by Crippen LogP contribution is 2.21. The maximum atomic E-state index is 12.6. The van der Waals surface area contributed by atoms with Crippen LogP contribution in [0.25, 0.3) is 0 Å². The summed E-state index contributed by atoms with van der Waals surface area (Å²) in [7, 11) is 0. The predicted octanol–water partition coefficient (Wildman–Crippen LogP) is 2.08. The van der Waals surface area contributed by atoms with Gasteiger partial charge in [0.05, 0.1) is 16.7 Å². The molecule has 0 aliphatic heterocycles. The highest BCUT2D eigenvalue weighted by Gasteiger charge is 2.25. The molecule has 27 heavy (non-hydrogen) atoms. The molecule has 0 aliphatic rings. The summed E-state index contributed by atoms with van der Waals surface area (Å²) in [5.41, 5.74) is 0.237. The second-order valence-corrected chi connectivity index (χ2v) is 6.20. The maximum absolute atomic E-state index is 12.6. The molecule has 2 rings (SSSR count). The molecular formula is C16H22N6O5. The van der Waals surface area contributed by atoms with Gasteiger partial charge in [0.2, 0.25) is 5.91 Å². The van der Waals surface area contributed by atoms with Crippen LogP contribution in [0, 0.1) is 17.0 Å². The van der Waals surface area contributed by atoms with E-state index in [9.17, 15) is 19.7 Å². The first-order valence-electron chi connectivity index (χ1n) is 8.43. The molecule has 1 N–H and O–H groups in total. The zero-order valence-corrected chi connectivity index (χ0v) is 15.8. The van der Waals surface area contributed by atoms with Crippen molar-refractivity contribution in [2.75, 3.05) is 5.32 Å². The normalized spacial score (nSPS) is 12.1. The van der Waals surface area contributed by atoms with Gasteiger partial charge in [-0.3, -0.25) is 24.3 Å². The minimum atomic E-state index is -0.837. The van der Waals surface area contributed by atoms with Crippen LogP contribution in [-0.2, 0) is 16.1 Å². The highest BCUT2D eigenvalue weighted by atomic mass is 16.6. The van der Waals surface area contributed by atoms with Gasteiger partial charge in [-0.1, -0.05) is 0 Å². The quantitative estimate of drug-likeness (QED) is 0.443. The average molecular weight is 378 g/mol. The van der Waals surface area contributed by atoms with E-state index < -0.39 is 22.8 Å². The van der Waals surface area contributed by atoms with Gasteiger partial charge in [0.1, 0.15) is 17.9 Å². The molecular weight excluding hydrogens is 356 g/mol. The summed E-state index contributed by atoms with van der Waals surface area (Å²) in [5.74, 6) is -1.15. The number of nitrogens with zero attached hydrogens (tertiary/aromatic N) is 5. The third-order valence-corrected chi connectivity index (χ3v) is 3.74. The topological polar surface area (TPSA) is 134 Å². The van der Waals surface area contributed by atoms with Crippen molar-refractivity contribution in [3.05, 3.63) is 33.9 Å². The van der Waals surface area contributed by atoms with Gasteiger partial charge in [0, 0.05) is 12.7 Å². The molecule has 11 nitrogen and oxygen atoms in total. The van der Waals surface area contributed by atoms with Gasteiger partial charge in [-0.25, -0.2) is 4.79 Å². The van der Waals surface area contributed by atoms with E-state index in [-0.39, 0.29) is 28.9 Å². The van der Waals surface area contributed by atoms with Crippen molar-refractivity contribution in [2.24, 2.45) is 0 Å². The first-order chi connectivity index (χ1) is 12.6. The number of carbonyl (C=O) groups is 2. The van der Waals surface area contributed by atoms with Crippen LogP contribution in [0.5, 0.6) is 0 Å². The lowest BCUT2D eigenvalue weighted by Gasteiger charge is -2.12. The van der Waals surface area contributed by atoms with Crippen LogP contribution in [0.4, 0.5) is 11.4 Å².